The van der Waals surface area contributed by atoms with Crippen LogP contribution >= 0.6 is 0 Å². The quantitative estimate of drug-likeness (QED) is 0.721. The second-order valence-electron chi connectivity index (χ2n) is 7.54. The Kier molecular flexibility index (Phi) is 2.30. The summed E-state index contributed by atoms with van der Waals surface area (Å²) in [5, 5.41) is 3.52. The van der Waals surface area contributed by atoms with E-state index in [4.69, 9.17) is 9.31 Å². The maximum atomic E-state index is 6.44. The average Bonchev–Trinajstić information content (AvgIpc) is 2.92. The predicted octanol–water partition coefficient (Wildman–Crippen LogP) is 2.01. The summed E-state index contributed by atoms with van der Waals surface area (Å²) in [6.07, 6.45) is 5.33. The zero-order valence-electron chi connectivity index (χ0n) is 11.7. The third kappa shape index (κ3) is 1.32. The molecule has 5 rings (SSSR count). The Morgan fingerprint density at radius 1 is 1.22 bits per heavy atom. The van der Waals surface area contributed by atoms with Crippen molar-refractivity contribution >= 4 is 7.12 Å². The van der Waals surface area contributed by atoms with Crippen LogP contribution in [-0.4, -0.2) is 31.3 Å². The van der Waals surface area contributed by atoms with Crippen LogP contribution < -0.4 is 5.32 Å². The van der Waals surface area contributed by atoms with E-state index in [-0.39, 0.29) is 12.7 Å². The van der Waals surface area contributed by atoms with Crippen molar-refractivity contribution < 1.29 is 9.31 Å². The first-order valence-electron chi connectivity index (χ1n) is 7.58. The van der Waals surface area contributed by atoms with Gasteiger partial charge >= 0.3 is 7.12 Å². The first-order valence-corrected chi connectivity index (χ1v) is 7.58. The van der Waals surface area contributed by atoms with E-state index in [1.165, 1.54) is 25.7 Å². The van der Waals surface area contributed by atoms with Crippen molar-refractivity contribution in [1.82, 2.24) is 5.32 Å². The topological polar surface area (TPSA) is 30.5 Å². The molecule has 5 aliphatic rings. The smallest absolute Gasteiger partial charge is 0.404 e. The molecule has 5 atom stereocenters. The van der Waals surface area contributed by atoms with Crippen LogP contribution in [0.3, 0.4) is 0 Å². The third-order valence-electron chi connectivity index (χ3n) is 6.40. The van der Waals surface area contributed by atoms with Crippen LogP contribution in [0, 0.1) is 17.3 Å². The highest BCUT2D eigenvalue weighted by atomic mass is 16.7. The fraction of sp³-hybridized carbons (Fsp3) is 1.00. The molecule has 2 heterocycles. The first-order chi connectivity index (χ1) is 8.52. The number of nitrogens with one attached hydrogen (secondary N) is 1. The Balaban J connectivity index is 1.57. The summed E-state index contributed by atoms with van der Waals surface area (Å²) < 4.78 is 12.7. The molecule has 5 fully saturated rings. The van der Waals surface area contributed by atoms with Gasteiger partial charge in [-0.2, -0.15) is 0 Å². The SMILES string of the molecule is CC12OB(C3CCCN3)OC1C[C@@H]1CC2C1(C)C. The molecule has 2 bridgehead atoms. The molecule has 0 radical (unpaired) electrons. The van der Waals surface area contributed by atoms with Gasteiger partial charge in [-0.25, -0.2) is 0 Å². The molecule has 0 aromatic heterocycles. The molecule has 3 aliphatic carbocycles. The molecular weight excluding hydrogens is 225 g/mol. The standard InChI is InChI=1S/C14H24BNO2/c1-13(2)9-7-10(13)14(3)11(8-9)17-15(18-14)12-5-4-6-16-12/h9-12,16H,4-8H2,1-3H3/t9-,10?,11?,12?,14?/m0/s1. The van der Waals surface area contributed by atoms with Gasteiger partial charge in [0, 0.05) is 5.94 Å². The lowest BCUT2D eigenvalue weighted by Gasteiger charge is -2.64. The van der Waals surface area contributed by atoms with E-state index >= 15 is 0 Å². The highest BCUT2D eigenvalue weighted by molar-refractivity contribution is 6.47. The average molecular weight is 249 g/mol. The van der Waals surface area contributed by atoms with Gasteiger partial charge in [-0.15, -0.1) is 0 Å². The van der Waals surface area contributed by atoms with Crippen molar-refractivity contribution in [1.29, 1.82) is 0 Å². The summed E-state index contributed by atoms with van der Waals surface area (Å²) in [5.41, 5.74) is 0.416. The maximum absolute atomic E-state index is 6.44. The zero-order chi connectivity index (χ0) is 12.5. The Hall–Kier alpha value is -0.0551. The molecule has 3 nitrogen and oxygen atoms in total. The summed E-state index contributed by atoms with van der Waals surface area (Å²) in [7, 11) is -0.00218. The van der Waals surface area contributed by atoms with Gasteiger partial charge in [0.2, 0.25) is 0 Å². The summed E-state index contributed by atoms with van der Waals surface area (Å²) in [5.74, 6) is 1.95. The number of rotatable bonds is 1. The molecule has 0 aromatic carbocycles. The lowest BCUT2D eigenvalue weighted by atomic mass is 9.43. The molecule has 100 valence electrons. The summed E-state index contributed by atoms with van der Waals surface area (Å²) in [6, 6.07) is 0. The van der Waals surface area contributed by atoms with Gasteiger partial charge in [-0.3, -0.25) is 0 Å². The van der Waals surface area contributed by atoms with Gasteiger partial charge in [0.15, 0.2) is 0 Å². The molecule has 18 heavy (non-hydrogen) atoms. The predicted molar refractivity (Wildman–Crippen MR) is 71.1 cm³/mol. The normalized spacial score (nSPS) is 53.2. The summed E-state index contributed by atoms with van der Waals surface area (Å²) in [6.45, 7) is 8.25. The van der Waals surface area contributed by atoms with Crippen LogP contribution in [0.2, 0.25) is 0 Å². The van der Waals surface area contributed by atoms with E-state index in [1.54, 1.807) is 0 Å². The highest BCUT2D eigenvalue weighted by Crippen LogP contribution is 2.65. The molecule has 0 spiro atoms. The Morgan fingerprint density at radius 2 is 2.06 bits per heavy atom. The van der Waals surface area contributed by atoms with E-state index in [1.807, 2.05) is 0 Å². The zero-order valence-corrected chi connectivity index (χ0v) is 11.7. The van der Waals surface area contributed by atoms with Crippen molar-refractivity contribution in [3.8, 4) is 0 Å². The van der Waals surface area contributed by atoms with Crippen molar-refractivity contribution in [3.05, 3.63) is 0 Å². The van der Waals surface area contributed by atoms with Crippen LogP contribution in [0.15, 0.2) is 0 Å². The fourth-order valence-electron chi connectivity index (χ4n) is 5.01. The highest BCUT2D eigenvalue weighted by Gasteiger charge is 2.68. The number of hydrogen-bond acceptors (Lipinski definition) is 3. The Morgan fingerprint density at radius 3 is 2.72 bits per heavy atom. The van der Waals surface area contributed by atoms with Crippen molar-refractivity contribution in [2.45, 2.75) is 64.1 Å². The molecule has 1 N–H and O–H groups in total. The van der Waals surface area contributed by atoms with Gasteiger partial charge < -0.3 is 14.6 Å². The van der Waals surface area contributed by atoms with Crippen molar-refractivity contribution in [2.24, 2.45) is 17.3 Å². The van der Waals surface area contributed by atoms with E-state index in [2.05, 4.69) is 26.1 Å². The minimum Gasteiger partial charge on any atom is -0.404 e. The van der Waals surface area contributed by atoms with E-state index in [9.17, 15) is 0 Å². The molecule has 3 saturated carbocycles. The largest absolute Gasteiger partial charge is 0.475 e. The number of hydrogen-bond donors (Lipinski definition) is 1. The van der Waals surface area contributed by atoms with Gasteiger partial charge in [-0.05, 0) is 56.4 Å². The van der Waals surface area contributed by atoms with Gasteiger partial charge in [-0.1, -0.05) is 13.8 Å². The van der Waals surface area contributed by atoms with E-state index in [0.717, 1.165) is 12.5 Å². The molecule has 2 aliphatic heterocycles. The minimum absolute atomic E-state index is 0.00218. The molecule has 4 heteroatoms. The van der Waals surface area contributed by atoms with Crippen LogP contribution in [0.4, 0.5) is 0 Å². The van der Waals surface area contributed by atoms with Crippen molar-refractivity contribution in [3.63, 3.8) is 0 Å². The van der Waals surface area contributed by atoms with E-state index < -0.39 is 0 Å². The summed E-state index contributed by atoms with van der Waals surface area (Å²) in [4.78, 5) is 0. The van der Waals surface area contributed by atoms with Crippen LogP contribution in [-0.2, 0) is 9.31 Å². The molecule has 2 saturated heterocycles. The van der Waals surface area contributed by atoms with Crippen LogP contribution in [0.1, 0.15) is 46.5 Å². The second kappa shape index (κ2) is 3.53. The lowest BCUT2D eigenvalue weighted by molar-refractivity contribution is -0.199. The van der Waals surface area contributed by atoms with Crippen LogP contribution in [0.25, 0.3) is 0 Å². The fourth-order valence-corrected chi connectivity index (χ4v) is 5.01. The van der Waals surface area contributed by atoms with E-state index in [0.29, 0.717) is 23.4 Å². The Bertz CT molecular complexity index is 369. The van der Waals surface area contributed by atoms with Gasteiger partial charge in [0.25, 0.3) is 0 Å². The Labute approximate surface area is 110 Å². The molecule has 0 aromatic rings. The lowest BCUT2D eigenvalue weighted by Crippen LogP contribution is -2.65. The molecule has 4 unspecified atom stereocenters. The van der Waals surface area contributed by atoms with Gasteiger partial charge in [0.05, 0.1) is 11.7 Å². The van der Waals surface area contributed by atoms with Crippen LogP contribution in [0.5, 0.6) is 0 Å². The monoisotopic (exact) mass is 249 g/mol. The first kappa shape index (κ1) is 11.7. The van der Waals surface area contributed by atoms with Crippen molar-refractivity contribution in [2.75, 3.05) is 6.54 Å². The molecular formula is C14H24BNO2. The maximum Gasteiger partial charge on any atom is 0.475 e. The summed E-state index contributed by atoms with van der Waals surface area (Å²) >= 11 is 0. The van der Waals surface area contributed by atoms with Gasteiger partial charge in [0.1, 0.15) is 0 Å². The third-order valence-corrected chi connectivity index (χ3v) is 6.40. The second-order valence-corrected chi connectivity index (χ2v) is 7.54. The minimum atomic E-state index is -0.0345. The molecule has 0 amide bonds.